The number of halogens is 1. The lowest BCUT2D eigenvalue weighted by Gasteiger charge is -2.20. The molecule has 1 unspecified atom stereocenters. The van der Waals surface area contributed by atoms with E-state index in [1.165, 1.54) is 24.8 Å². The number of carboxylic acid groups (broad SMARTS) is 1. The van der Waals surface area contributed by atoms with Crippen molar-refractivity contribution in [2.75, 3.05) is 11.9 Å². The van der Waals surface area contributed by atoms with Gasteiger partial charge in [-0.05, 0) is 60.3 Å². The fraction of sp³-hybridized carbons (Fsp3) is 0.148. The average molecular weight is 561 g/mol. The summed E-state index contributed by atoms with van der Waals surface area (Å²) in [6, 6.07) is 14.2. The van der Waals surface area contributed by atoms with Gasteiger partial charge in [-0.3, -0.25) is 4.90 Å². The number of benzene rings is 2. The van der Waals surface area contributed by atoms with E-state index in [0.29, 0.717) is 44.4 Å². The number of pyridine rings is 1. The molecule has 196 valence electrons. The van der Waals surface area contributed by atoms with E-state index < -0.39 is 11.7 Å². The molecule has 1 aliphatic rings. The molecule has 0 radical (unpaired) electrons. The maximum absolute atomic E-state index is 13.4. The molecule has 1 atom stereocenters. The predicted octanol–water partition coefficient (Wildman–Crippen LogP) is 4.85. The van der Waals surface area contributed by atoms with Crippen molar-refractivity contribution in [3.63, 3.8) is 0 Å². The molecule has 3 aromatic heterocycles. The zero-order valence-corrected chi connectivity index (χ0v) is 22.1. The number of aromatic amines is 1. The van der Waals surface area contributed by atoms with Crippen LogP contribution in [0.2, 0.25) is 5.02 Å². The Labute approximate surface area is 231 Å². The molecule has 0 saturated carbocycles. The first-order chi connectivity index (χ1) is 18.7. The van der Waals surface area contributed by atoms with Crippen LogP contribution >= 0.6 is 23.1 Å². The molecular formula is C27H21ClN6O4S. The van der Waals surface area contributed by atoms with E-state index in [2.05, 4.69) is 19.6 Å². The van der Waals surface area contributed by atoms with Crippen molar-refractivity contribution < 1.29 is 19.7 Å². The summed E-state index contributed by atoms with van der Waals surface area (Å²) in [5.74, 6) is 0.261. The second kappa shape index (κ2) is 9.45. The van der Waals surface area contributed by atoms with Crippen LogP contribution in [-0.2, 0) is 12.0 Å². The van der Waals surface area contributed by atoms with Crippen LogP contribution in [0.25, 0.3) is 33.6 Å². The van der Waals surface area contributed by atoms with Gasteiger partial charge in [0.2, 0.25) is 11.3 Å². The molecule has 1 amide bonds. The van der Waals surface area contributed by atoms with E-state index >= 15 is 0 Å². The lowest BCUT2D eigenvalue weighted by molar-refractivity contribution is -0.620. The SMILES string of the molecule is CN(C(=O)O)c1ccc(-c2c[nH]c(C3(O)CCc4cc(-c5cc(Cl)ccc5-c5csnn5)c[n+]([O-])c43)n2)cc1. The maximum atomic E-state index is 13.4. The second-order valence-electron chi connectivity index (χ2n) is 9.29. The number of aliphatic hydroxyl groups is 1. The van der Waals surface area contributed by atoms with Gasteiger partial charge >= 0.3 is 6.09 Å². The molecule has 0 saturated heterocycles. The topological polar surface area (TPSA) is 142 Å². The van der Waals surface area contributed by atoms with Crippen LogP contribution in [0.5, 0.6) is 0 Å². The Balaban J connectivity index is 1.35. The Morgan fingerprint density at radius 2 is 1.95 bits per heavy atom. The van der Waals surface area contributed by atoms with Gasteiger partial charge < -0.3 is 20.4 Å². The molecule has 5 aromatic rings. The molecule has 0 aliphatic heterocycles. The number of hydrogen-bond acceptors (Lipinski definition) is 7. The molecule has 0 bridgehead atoms. The van der Waals surface area contributed by atoms with Gasteiger partial charge in [0.15, 0.2) is 6.20 Å². The van der Waals surface area contributed by atoms with Crippen molar-refractivity contribution in [1.29, 1.82) is 0 Å². The molecule has 3 heterocycles. The normalized spacial score (nSPS) is 16.3. The number of aromatic nitrogens is 5. The van der Waals surface area contributed by atoms with Crippen LogP contribution in [0.4, 0.5) is 10.5 Å². The van der Waals surface area contributed by atoms with Gasteiger partial charge in [-0.1, -0.05) is 34.3 Å². The standard InChI is InChI=1S/C27H21ClN6O4S/c1-33(26(35)36)19-5-2-15(3-6-19)22-12-29-25(30-22)27(37)9-8-16-10-17(13-34(38)24(16)27)21-11-18(28)4-7-20(21)23-14-39-32-31-23/h2-7,10-14,37H,8-9H2,1H3,(H,29,30)(H,35,36). The first-order valence-corrected chi connectivity index (χ1v) is 13.2. The van der Waals surface area contributed by atoms with E-state index in [0.717, 1.165) is 21.6 Å². The fourth-order valence-corrected chi connectivity index (χ4v) is 5.61. The first-order valence-electron chi connectivity index (χ1n) is 11.9. The van der Waals surface area contributed by atoms with E-state index in [1.54, 1.807) is 42.6 Å². The summed E-state index contributed by atoms with van der Waals surface area (Å²) in [6.07, 6.45) is 2.79. The minimum absolute atomic E-state index is 0.226. The second-order valence-corrected chi connectivity index (χ2v) is 10.3. The Morgan fingerprint density at radius 1 is 1.15 bits per heavy atom. The molecule has 0 fully saturated rings. The van der Waals surface area contributed by atoms with Gasteiger partial charge in [0.05, 0.1) is 5.69 Å². The average Bonchev–Trinajstić information content (AvgIpc) is 3.70. The van der Waals surface area contributed by atoms with Crippen molar-refractivity contribution in [1.82, 2.24) is 19.6 Å². The van der Waals surface area contributed by atoms with E-state index in [9.17, 15) is 20.2 Å². The summed E-state index contributed by atoms with van der Waals surface area (Å²) >= 11 is 7.54. The molecular weight excluding hydrogens is 540 g/mol. The number of nitrogens with zero attached hydrogens (tertiary/aromatic N) is 5. The number of imidazole rings is 1. The highest BCUT2D eigenvalue weighted by Gasteiger charge is 2.48. The van der Waals surface area contributed by atoms with Crippen LogP contribution < -0.4 is 9.63 Å². The molecule has 12 heteroatoms. The summed E-state index contributed by atoms with van der Waals surface area (Å²) in [4.78, 5) is 20.0. The first kappa shape index (κ1) is 25.0. The highest BCUT2D eigenvalue weighted by molar-refractivity contribution is 7.03. The molecule has 1 aliphatic carbocycles. The molecule has 0 spiro atoms. The monoisotopic (exact) mass is 560 g/mol. The minimum atomic E-state index is -1.60. The number of rotatable bonds is 5. The quantitative estimate of drug-likeness (QED) is 0.206. The van der Waals surface area contributed by atoms with Crippen LogP contribution in [0.3, 0.4) is 0 Å². The lowest BCUT2D eigenvalue weighted by atomic mass is 9.96. The van der Waals surface area contributed by atoms with Gasteiger partial charge in [0, 0.05) is 51.6 Å². The van der Waals surface area contributed by atoms with Gasteiger partial charge in [-0.2, -0.15) is 4.73 Å². The van der Waals surface area contributed by atoms with Crippen molar-refractivity contribution in [2.45, 2.75) is 18.4 Å². The number of anilines is 1. The number of H-pyrrole nitrogens is 1. The number of nitrogens with one attached hydrogen (secondary N) is 1. The van der Waals surface area contributed by atoms with Crippen LogP contribution in [0, 0.1) is 5.21 Å². The summed E-state index contributed by atoms with van der Waals surface area (Å²) in [5, 5.41) is 40.8. The van der Waals surface area contributed by atoms with Gasteiger partial charge in [-0.15, -0.1) is 5.10 Å². The smallest absolute Gasteiger partial charge is 0.411 e. The summed E-state index contributed by atoms with van der Waals surface area (Å²) < 4.78 is 4.66. The largest absolute Gasteiger partial charge is 0.618 e. The third-order valence-electron chi connectivity index (χ3n) is 6.99. The third-order valence-corrected chi connectivity index (χ3v) is 7.73. The molecule has 2 aromatic carbocycles. The summed E-state index contributed by atoms with van der Waals surface area (Å²) in [5.41, 5.74) is 4.04. The Morgan fingerprint density at radius 3 is 2.67 bits per heavy atom. The fourth-order valence-electron chi connectivity index (χ4n) is 4.98. The number of fused-ring (bicyclic) bond motifs is 1. The van der Waals surface area contributed by atoms with Crippen molar-refractivity contribution in [2.24, 2.45) is 0 Å². The number of aryl methyl sites for hydroxylation is 1. The third kappa shape index (κ3) is 4.30. The van der Waals surface area contributed by atoms with E-state index in [-0.39, 0.29) is 17.9 Å². The zero-order chi connectivity index (χ0) is 27.3. The predicted molar refractivity (Wildman–Crippen MR) is 147 cm³/mol. The Kier molecular flexibility index (Phi) is 6.06. The van der Waals surface area contributed by atoms with Crippen molar-refractivity contribution in [3.8, 4) is 33.6 Å². The van der Waals surface area contributed by atoms with Crippen molar-refractivity contribution in [3.05, 3.63) is 93.6 Å². The minimum Gasteiger partial charge on any atom is -0.618 e. The Hall–Kier alpha value is -4.32. The van der Waals surface area contributed by atoms with E-state index in [1.807, 2.05) is 17.5 Å². The summed E-state index contributed by atoms with van der Waals surface area (Å²) in [6.45, 7) is 0. The van der Waals surface area contributed by atoms with Gasteiger partial charge in [0.1, 0.15) is 11.5 Å². The van der Waals surface area contributed by atoms with Crippen LogP contribution in [0.15, 0.2) is 66.3 Å². The van der Waals surface area contributed by atoms with E-state index in [4.69, 9.17) is 11.6 Å². The van der Waals surface area contributed by atoms with Gasteiger partial charge in [0.25, 0.3) is 0 Å². The number of hydrogen-bond donors (Lipinski definition) is 3. The Bertz CT molecular complexity index is 1710. The number of amides is 1. The van der Waals surface area contributed by atoms with Gasteiger partial charge in [-0.25, -0.2) is 9.78 Å². The highest BCUT2D eigenvalue weighted by Crippen LogP contribution is 2.42. The molecule has 3 N–H and O–H groups in total. The number of carbonyl (C=O) groups is 1. The molecule has 39 heavy (non-hydrogen) atoms. The van der Waals surface area contributed by atoms with Crippen LogP contribution in [0.1, 0.15) is 23.5 Å². The summed E-state index contributed by atoms with van der Waals surface area (Å²) in [7, 11) is 1.46. The molecule has 10 nitrogen and oxygen atoms in total. The highest BCUT2D eigenvalue weighted by atomic mass is 35.5. The maximum Gasteiger partial charge on any atom is 0.411 e. The zero-order valence-electron chi connectivity index (χ0n) is 20.5. The van der Waals surface area contributed by atoms with Crippen molar-refractivity contribution >= 4 is 34.9 Å². The van der Waals surface area contributed by atoms with Crippen LogP contribution in [-0.4, -0.2) is 42.9 Å². The molecule has 6 rings (SSSR count). The lowest BCUT2D eigenvalue weighted by Crippen LogP contribution is -2.42.